The smallest absolute Gasteiger partial charge is 0.130 e. The third kappa shape index (κ3) is 5.35. The molecule has 3 atom stereocenters. The molecular weight excluding hydrogens is 550 g/mol. The van der Waals surface area contributed by atoms with E-state index in [1.54, 1.807) is 0 Å². The monoisotopic (exact) mass is 622 g/mol. The Balaban J connectivity index is 0.000000151. The van der Waals surface area contributed by atoms with Crippen LogP contribution < -0.4 is 17.2 Å². The zero-order valence-corrected chi connectivity index (χ0v) is 30.6. The molecule has 6 fully saturated rings. The van der Waals surface area contributed by atoms with Crippen molar-refractivity contribution in [2.45, 2.75) is 150 Å². The van der Waals surface area contributed by atoms with Gasteiger partial charge in [0.1, 0.15) is 5.60 Å². The van der Waals surface area contributed by atoms with Crippen LogP contribution in [0.25, 0.3) is 0 Å². The Morgan fingerprint density at radius 2 is 0.682 bits per heavy atom. The van der Waals surface area contributed by atoms with Gasteiger partial charge in [-0.1, -0.05) is 83.1 Å². The normalized spacial score (nSPS) is 32.8. The highest BCUT2D eigenvalue weighted by Gasteiger charge is 2.65. The molecule has 0 bridgehead atoms. The lowest BCUT2D eigenvalue weighted by Gasteiger charge is -2.47. The third-order valence-electron chi connectivity index (χ3n) is 14.4. The lowest BCUT2D eigenvalue weighted by atomic mass is 9.59. The minimum atomic E-state index is -0.172. The molecule has 7 nitrogen and oxygen atoms in total. The van der Waals surface area contributed by atoms with E-state index in [1.807, 2.05) is 0 Å². The highest BCUT2D eigenvalue weighted by Crippen LogP contribution is 2.58. The molecule has 0 aromatic heterocycles. The summed E-state index contributed by atoms with van der Waals surface area (Å²) in [6.07, 6.45) is 6.00. The van der Waals surface area contributed by atoms with Gasteiger partial charge in [-0.25, -0.2) is 0 Å². The van der Waals surface area contributed by atoms with Crippen LogP contribution in [0.5, 0.6) is 0 Å². The Morgan fingerprint density at radius 1 is 0.409 bits per heavy atom. The van der Waals surface area contributed by atoms with Crippen molar-refractivity contribution in [3.8, 4) is 0 Å². The largest absolute Gasteiger partial charge is 0.375 e. The zero-order chi connectivity index (χ0) is 33.1. The Labute approximate surface area is 270 Å². The molecule has 0 aromatic carbocycles. The topological polar surface area (TPSA) is 115 Å². The standard InChI is InChI=1S/C13H25NO.C12H23NO2.C12H23NO/c1-9(2)13(10(3)4)8-15-12(11(13)14)6-5-7-12;1-8(2)12(9(3)4)7-15-11(10(12)13)5-14-6-11;1-8(2)12(9(3)4)7-14-11(5-6-11)10(12)13/h9-11H,5-8,14H2,1-4H3;8-10H,5-7,13H2,1-4H3;8-10H,5-7,13H2,1-4H3/t11-;2*10-/m111/s1. The van der Waals surface area contributed by atoms with Gasteiger partial charge in [-0.2, -0.15) is 0 Å². The highest BCUT2D eigenvalue weighted by molar-refractivity contribution is 5.17. The van der Waals surface area contributed by atoms with Gasteiger partial charge in [0.05, 0.1) is 44.2 Å². The van der Waals surface area contributed by atoms with E-state index in [0.717, 1.165) is 19.8 Å². The van der Waals surface area contributed by atoms with Crippen LogP contribution in [-0.2, 0) is 18.9 Å². The number of hydrogen-bond donors (Lipinski definition) is 3. The quantitative estimate of drug-likeness (QED) is 0.326. The van der Waals surface area contributed by atoms with Crippen molar-refractivity contribution in [3.05, 3.63) is 0 Å². The molecule has 0 radical (unpaired) electrons. The van der Waals surface area contributed by atoms with Crippen molar-refractivity contribution in [2.75, 3.05) is 33.0 Å². The van der Waals surface area contributed by atoms with Crippen molar-refractivity contribution in [1.29, 1.82) is 0 Å². The predicted molar refractivity (Wildman–Crippen MR) is 180 cm³/mol. The highest BCUT2D eigenvalue weighted by atomic mass is 16.6. The summed E-state index contributed by atoms with van der Waals surface area (Å²) in [5.74, 6) is 3.52. The Bertz CT molecular complexity index is 888. The molecule has 44 heavy (non-hydrogen) atoms. The molecule has 4 heterocycles. The second kappa shape index (κ2) is 12.6. The lowest BCUT2D eigenvalue weighted by Crippen LogP contribution is -2.64. The summed E-state index contributed by atoms with van der Waals surface area (Å²) < 4.78 is 23.3. The van der Waals surface area contributed by atoms with E-state index in [0.29, 0.717) is 48.7 Å². The molecule has 4 saturated heterocycles. The molecule has 0 amide bonds. The fourth-order valence-electron chi connectivity index (χ4n) is 10.1. The predicted octanol–water partition coefficient (Wildman–Crippen LogP) is 6.15. The van der Waals surface area contributed by atoms with Crippen LogP contribution in [-0.4, -0.2) is 68.0 Å². The van der Waals surface area contributed by atoms with Crippen molar-refractivity contribution in [3.63, 3.8) is 0 Å². The summed E-state index contributed by atoms with van der Waals surface area (Å²) in [5, 5.41) is 0. The lowest BCUT2D eigenvalue weighted by molar-refractivity contribution is -0.190. The fraction of sp³-hybridized carbons (Fsp3) is 1.00. The SMILES string of the molecule is CC(C)C1(C(C)C)COC2(CC2)[C@H]1N.CC(C)C1(C(C)C)COC2(CCC2)[C@H]1N.CC(C)C1(C(C)C)COC2(COC2)[C@H]1N. The Hall–Kier alpha value is -0.280. The molecule has 258 valence electrons. The second-order valence-electron chi connectivity index (χ2n) is 17.6. The van der Waals surface area contributed by atoms with E-state index in [4.69, 9.17) is 36.1 Å². The molecule has 3 spiro atoms. The molecule has 4 aliphatic heterocycles. The first-order valence-corrected chi connectivity index (χ1v) is 18.1. The van der Waals surface area contributed by atoms with Crippen molar-refractivity contribution in [1.82, 2.24) is 0 Å². The van der Waals surface area contributed by atoms with Gasteiger partial charge in [0.2, 0.25) is 0 Å². The Morgan fingerprint density at radius 3 is 0.795 bits per heavy atom. The third-order valence-corrected chi connectivity index (χ3v) is 14.4. The molecule has 0 aromatic rings. The average Bonchev–Trinajstić information content (AvgIpc) is 3.37. The van der Waals surface area contributed by atoms with Gasteiger partial charge in [-0.3, -0.25) is 0 Å². The maximum Gasteiger partial charge on any atom is 0.130 e. The maximum atomic E-state index is 6.53. The van der Waals surface area contributed by atoms with Gasteiger partial charge in [0.15, 0.2) is 0 Å². The summed E-state index contributed by atoms with van der Waals surface area (Å²) in [7, 11) is 0. The van der Waals surface area contributed by atoms with Gasteiger partial charge in [-0.15, -0.1) is 0 Å². The van der Waals surface area contributed by atoms with Crippen LogP contribution in [0.3, 0.4) is 0 Å². The number of ether oxygens (including phenoxy) is 4. The molecule has 6 rings (SSSR count). The number of rotatable bonds is 6. The minimum absolute atomic E-state index is 0.0501. The first kappa shape index (κ1) is 36.6. The van der Waals surface area contributed by atoms with Gasteiger partial charge >= 0.3 is 0 Å². The Kier molecular flexibility index (Phi) is 10.5. The van der Waals surface area contributed by atoms with E-state index in [1.165, 1.54) is 32.1 Å². The number of hydrogen-bond acceptors (Lipinski definition) is 7. The molecule has 6 aliphatic rings. The van der Waals surface area contributed by atoms with Gasteiger partial charge in [0, 0.05) is 34.4 Å². The van der Waals surface area contributed by atoms with E-state index < -0.39 is 0 Å². The van der Waals surface area contributed by atoms with E-state index in [2.05, 4.69) is 83.1 Å². The minimum Gasteiger partial charge on any atom is -0.375 e. The fourth-order valence-corrected chi connectivity index (χ4v) is 10.1. The van der Waals surface area contributed by atoms with Crippen LogP contribution in [0.4, 0.5) is 0 Å². The zero-order valence-electron chi connectivity index (χ0n) is 30.6. The van der Waals surface area contributed by atoms with Crippen LogP contribution >= 0.6 is 0 Å². The van der Waals surface area contributed by atoms with Crippen molar-refractivity contribution < 1.29 is 18.9 Å². The van der Waals surface area contributed by atoms with Crippen molar-refractivity contribution in [2.24, 2.45) is 69.0 Å². The van der Waals surface area contributed by atoms with Crippen LogP contribution in [0.1, 0.15) is 115 Å². The molecule has 7 heteroatoms. The van der Waals surface area contributed by atoms with Gasteiger partial charge < -0.3 is 36.1 Å². The van der Waals surface area contributed by atoms with Crippen molar-refractivity contribution >= 4 is 0 Å². The van der Waals surface area contributed by atoms with Crippen LogP contribution in [0, 0.1) is 51.8 Å². The molecule has 0 unspecified atom stereocenters. The summed E-state index contributed by atoms with van der Waals surface area (Å²) in [6, 6.07) is 0.590. The average molecular weight is 622 g/mol. The second-order valence-corrected chi connectivity index (χ2v) is 17.6. The molecule has 2 aliphatic carbocycles. The van der Waals surface area contributed by atoms with Gasteiger partial charge in [-0.05, 0) is 67.6 Å². The summed E-state index contributed by atoms with van der Waals surface area (Å²) in [4.78, 5) is 0. The van der Waals surface area contributed by atoms with E-state index >= 15 is 0 Å². The first-order chi connectivity index (χ1) is 20.4. The molecule has 2 saturated carbocycles. The van der Waals surface area contributed by atoms with Gasteiger partial charge in [0.25, 0.3) is 0 Å². The number of nitrogens with two attached hydrogens (primary N) is 3. The summed E-state index contributed by atoms with van der Waals surface area (Å²) in [6.45, 7) is 31.2. The van der Waals surface area contributed by atoms with E-state index in [9.17, 15) is 0 Å². The molecule has 6 N–H and O–H groups in total. The summed E-state index contributed by atoms with van der Waals surface area (Å²) in [5.41, 5.74) is 19.9. The first-order valence-electron chi connectivity index (χ1n) is 18.1. The summed E-state index contributed by atoms with van der Waals surface area (Å²) >= 11 is 0. The van der Waals surface area contributed by atoms with E-state index in [-0.39, 0.29) is 51.2 Å². The molecular formula is C37H71N3O4. The maximum absolute atomic E-state index is 6.53. The van der Waals surface area contributed by atoms with Crippen LogP contribution in [0.2, 0.25) is 0 Å². The van der Waals surface area contributed by atoms with Crippen LogP contribution in [0.15, 0.2) is 0 Å².